The van der Waals surface area contributed by atoms with Gasteiger partial charge in [-0.2, -0.15) is 13.2 Å². The summed E-state index contributed by atoms with van der Waals surface area (Å²) in [6.45, 7) is 5.45. The zero-order valence-electron chi connectivity index (χ0n) is 16.1. The van der Waals surface area contributed by atoms with Gasteiger partial charge in [0.2, 0.25) is 0 Å². The molecule has 1 N–H and O–H groups in total. The van der Waals surface area contributed by atoms with E-state index in [0.717, 1.165) is 19.4 Å². The predicted octanol–water partition coefficient (Wildman–Crippen LogP) is 5.27. The van der Waals surface area contributed by atoms with Crippen LogP contribution in [0, 0.1) is 5.41 Å². The first-order valence-electron chi connectivity index (χ1n) is 9.44. The lowest BCUT2D eigenvalue weighted by atomic mass is 9.87. The Labute approximate surface area is 157 Å². The van der Waals surface area contributed by atoms with E-state index >= 15 is 0 Å². The first-order chi connectivity index (χ1) is 12.7. The van der Waals surface area contributed by atoms with Gasteiger partial charge in [0.15, 0.2) is 11.5 Å². The summed E-state index contributed by atoms with van der Waals surface area (Å²) in [5.74, 6) is 0.252. The molecule has 0 bridgehead atoms. The van der Waals surface area contributed by atoms with Crippen LogP contribution in [0.25, 0.3) is 11.1 Å². The van der Waals surface area contributed by atoms with Gasteiger partial charge in [-0.25, -0.2) is 4.98 Å². The Bertz CT molecular complexity index is 777. The Balaban J connectivity index is 1.82. The van der Waals surface area contributed by atoms with Crippen molar-refractivity contribution < 1.29 is 22.3 Å². The van der Waals surface area contributed by atoms with Crippen molar-refractivity contribution in [3.05, 3.63) is 29.2 Å². The number of nitrogens with zero attached hydrogens (tertiary/aromatic N) is 1. The number of fused-ring (bicyclic) bond motifs is 1. The van der Waals surface area contributed by atoms with Crippen LogP contribution in [0.4, 0.5) is 13.2 Å². The highest BCUT2D eigenvalue weighted by atomic mass is 19.4. The lowest BCUT2D eigenvalue weighted by Gasteiger charge is -2.28. The number of nitrogens with one attached hydrogen (secondary N) is 1. The molecule has 7 heteroatoms. The fourth-order valence-corrected chi connectivity index (χ4v) is 3.94. The van der Waals surface area contributed by atoms with Crippen LogP contribution in [0.5, 0.6) is 0 Å². The van der Waals surface area contributed by atoms with Gasteiger partial charge in [0.25, 0.3) is 0 Å². The maximum absolute atomic E-state index is 13.5. The number of oxazole rings is 1. The third-order valence-electron chi connectivity index (χ3n) is 5.31. The Morgan fingerprint density at radius 2 is 1.96 bits per heavy atom. The van der Waals surface area contributed by atoms with Crippen LogP contribution in [-0.4, -0.2) is 25.2 Å². The molecule has 1 heterocycles. The molecule has 1 aliphatic rings. The highest BCUT2D eigenvalue weighted by molar-refractivity contribution is 5.78. The van der Waals surface area contributed by atoms with Gasteiger partial charge in [-0.3, -0.25) is 0 Å². The molecule has 3 rings (SSSR count). The quantitative estimate of drug-likeness (QED) is 0.707. The van der Waals surface area contributed by atoms with E-state index in [-0.39, 0.29) is 22.4 Å². The van der Waals surface area contributed by atoms with Gasteiger partial charge in [0.05, 0.1) is 6.61 Å². The fraction of sp³-hybridized carbons (Fsp3) is 0.650. The highest BCUT2D eigenvalue weighted by Crippen LogP contribution is 2.39. The van der Waals surface area contributed by atoms with Crippen molar-refractivity contribution in [2.75, 3.05) is 20.3 Å². The van der Waals surface area contributed by atoms with Crippen molar-refractivity contribution in [2.24, 2.45) is 5.41 Å². The Hall–Kier alpha value is -1.60. The maximum Gasteiger partial charge on any atom is 0.420 e. The van der Waals surface area contributed by atoms with Crippen LogP contribution < -0.4 is 5.32 Å². The number of ether oxygens (including phenoxy) is 1. The molecule has 0 aliphatic heterocycles. The Morgan fingerprint density at radius 1 is 1.26 bits per heavy atom. The van der Waals surface area contributed by atoms with Crippen LogP contribution in [0.1, 0.15) is 62.5 Å². The predicted molar refractivity (Wildman–Crippen MR) is 97.6 cm³/mol. The summed E-state index contributed by atoms with van der Waals surface area (Å²) in [6.07, 6.45) is 0.0342. The largest absolute Gasteiger partial charge is 0.440 e. The van der Waals surface area contributed by atoms with Crippen LogP contribution in [0.3, 0.4) is 0 Å². The molecule has 1 fully saturated rings. The molecule has 4 nitrogen and oxygen atoms in total. The normalized spacial score (nSPS) is 17.3. The summed E-state index contributed by atoms with van der Waals surface area (Å²) in [5.41, 5.74) is -0.0308. The second-order valence-electron chi connectivity index (χ2n) is 7.94. The molecule has 1 saturated carbocycles. The number of hydrogen-bond donors (Lipinski definition) is 1. The average Bonchev–Trinajstić information content (AvgIpc) is 3.21. The van der Waals surface area contributed by atoms with E-state index in [0.29, 0.717) is 24.6 Å². The van der Waals surface area contributed by atoms with E-state index < -0.39 is 11.7 Å². The summed E-state index contributed by atoms with van der Waals surface area (Å²) in [4.78, 5) is 4.26. The molecule has 150 valence electrons. The monoisotopic (exact) mass is 384 g/mol. The van der Waals surface area contributed by atoms with E-state index in [1.165, 1.54) is 18.9 Å². The fourth-order valence-electron chi connectivity index (χ4n) is 3.94. The standard InChI is InChI=1S/C20H27F3N2O2/c1-13(2)18-25-16-9-14(8-15(17(16)27-18)20(21,22)23)10-24-11-19(12-26-3)6-4-5-7-19/h8-9,13,24H,4-7,10-12H2,1-3H3. The molecule has 1 aromatic heterocycles. The summed E-state index contributed by atoms with van der Waals surface area (Å²) < 4.78 is 51.3. The Morgan fingerprint density at radius 3 is 2.56 bits per heavy atom. The zero-order chi connectivity index (χ0) is 19.7. The minimum Gasteiger partial charge on any atom is -0.440 e. The number of aromatic nitrogens is 1. The summed E-state index contributed by atoms with van der Waals surface area (Å²) >= 11 is 0. The van der Waals surface area contributed by atoms with Crippen molar-refractivity contribution in [3.63, 3.8) is 0 Å². The van der Waals surface area contributed by atoms with E-state index in [4.69, 9.17) is 9.15 Å². The summed E-state index contributed by atoms with van der Waals surface area (Å²) in [7, 11) is 1.69. The van der Waals surface area contributed by atoms with Crippen molar-refractivity contribution in [3.8, 4) is 0 Å². The number of halogens is 3. The lowest BCUT2D eigenvalue weighted by Crippen LogP contribution is -2.35. The first-order valence-corrected chi connectivity index (χ1v) is 9.44. The SMILES string of the molecule is COCC1(CNCc2cc(C(F)(F)F)c3oc(C(C)C)nc3c2)CCCC1. The number of methoxy groups -OCH3 is 1. The molecular formula is C20H27F3N2O2. The molecule has 1 aliphatic carbocycles. The zero-order valence-corrected chi connectivity index (χ0v) is 16.1. The first kappa shape index (κ1) is 20.1. The smallest absolute Gasteiger partial charge is 0.420 e. The molecule has 0 spiro atoms. The van der Waals surface area contributed by atoms with Gasteiger partial charge in [-0.15, -0.1) is 0 Å². The average molecular weight is 384 g/mol. The number of hydrogen-bond acceptors (Lipinski definition) is 4. The third kappa shape index (κ3) is 4.46. The van der Waals surface area contributed by atoms with E-state index in [9.17, 15) is 13.2 Å². The van der Waals surface area contributed by atoms with Crippen molar-refractivity contribution in [1.82, 2.24) is 10.3 Å². The molecular weight excluding hydrogens is 357 g/mol. The van der Waals surface area contributed by atoms with Crippen molar-refractivity contribution >= 4 is 11.1 Å². The van der Waals surface area contributed by atoms with Gasteiger partial charge in [0, 0.05) is 31.5 Å². The molecule has 27 heavy (non-hydrogen) atoms. The molecule has 0 unspecified atom stereocenters. The van der Waals surface area contributed by atoms with Gasteiger partial charge < -0.3 is 14.5 Å². The third-order valence-corrected chi connectivity index (χ3v) is 5.31. The lowest BCUT2D eigenvalue weighted by molar-refractivity contribution is -0.136. The van der Waals surface area contributed by atoms with Crippen LogP contribution in [0.15, 0.2) is 16.5 Å². The van der Waals surface area contributed by atoms with E-state index in [2.05, 4.69) is 10.3 Å². The van der Waals surface area contributed by atoms with Gasteiger partial charge in [-0.1, -0.05) is 26.7 Å². The minimum absolute atomic E-state index is 0.0728. The molecule has 2 aromatic rings. The van der Waals surface area contributed by atoms with Crippen LogP contribution >= 0.6 is 0 Å². The number of alkyl halides is 3. The summed E-state index contributed by atoms with van der Waals surface area (Å²) in [5, 5.41) is 3.34. The Kier molecular flexibility index (Phi) is 5.82. The second-order valence-corrected chi connectivity index (χ2v) is 7.94. The number of rotatable bonds is 7. The van der Waals surface area contributed by atoms with Crippen LogP contribution in [-0.2, 0) is 17.5 Å². The highest BCUT2D eigenvalue weighted by Gasteiger charge is 2.36. The molecule has 1 aromatic carbocycles. The van der Waals surface area contributed by atoms with E-state index in [1.54, 1.807) is 13.2 Å². The van der Waals surface area contributed by atoms with Crippen molar-refractivity contribution in [1.29, 1.82) is 0 Å². The topological polar surface area (TPSA) is 47.3 Å². The maximum atomic E-state index is 13.5. The van der Waals surface area contributed by atoms with Gasteiger partial charge >= 0.3 is 6.18 Å². The number of benzene rings is 1. The molecule has 0 atom stereocenters. The molecule has 0 saturated heterocycles. The van der Waals surface area contributed by atoms with Gasteiger partial charge in [-0.05, 0) is 30.5 Å². The van der Waals surface area contributed by atoms with Crippen molar-refractivity contribution in [2.45, 2.75) is 58.2 Å². The molecule has 0 radical (unpaired) electrons. The van der Waals surface area contributed by atoms with E-state index in [1.807, 2.05) is 13.8 Å². The second kappa shape index (κ2) is 7.80. The molecule has 0 amide bonds. The van der Waals surface area contributed by atoms with Gasteiger partial charge in [0.1, 0.15) is 11.1 Å². The summed E-state index contributed by atoms with van der Waals surface area (Å²) in [6, 6.07) is 2.85. The minimum atomic E-state index is -4.48. The van der Waals surface area contributed by atoms with Crippen LogP contribution in [0.2, 0.25) is 0 Å².